The van der Waals surface area contributed by atoms with E-state index < -0.39 is 28.4 Å². The zero-order chi connectivity index (χ0) is 17.6. The molecule has 0 bridgehead atoms. The van der Waals surface area contributed by atoms with Gasteiger partial charge in [-0.15, -0.1) is 0 Å². The Bertz CT molecular complexity index is 788. The molecule has 0 unspecified atom stereocenters. The van der Waals surface area contributed by atoms with E-state index in [0.717, 1.165) is 17.7 Å². The Morgan fingerprint density at radius 2 is 1.71 bits per heavy atom. The normalized spacial score (nSPS) is 11.2. The number of rotatable bonds is 8. The Labute approximate surface area is 138 Å². The van der Waals surface area contributed by atoms with E-state index in [2.05, 4.69) is 4.72 Å². The topological polar surface area (TPSA) is 92.7 Å². The van der Waals surface area contributed by atoms with E-state index in [1.54, 1.807) is 24.3 Å². The molecule has 24 heavy (non-hydrogen) atoms. The summed E-state index contributed by atoms with van der Waals surface area (Å²) in [7, 11) is -3.68. The van der Waals surface area contributed by atoms with Crippen molar-refractivity contribution in [1.82, 2.24) is 4.72 Å². The van der Waals surface area contributed by atoms with Crippen molar-refractivity contribution >= 4 is 16.0 Å². The van der Waals surface area contributed by atoms with E-state index >= 15 is 0 Å². The second-order valence-electron chi connectivity index (χ2n) is 4.93. The average Bonchev–Trinajstić information content (AvgIpc) is 2.54. The van der Waals surface area contributed by atoms with Crippen LogP contribution in [0.4, 0.5) is 4.39 Å². The fourth-order valence-corrected chi connectivity index (χ4v) is 2.96. The molecule has 0 radical (unpaired) electrons. The second-order valence-corrected chi connectivity index (χ2v) is 6.70. The number of carboxylic acid groups (broad SMARTS) is 1. The van der Waals surface area contributed by atoms with Gasteiger partial charge in [0.1, 0.15) is 11.6 Å². The van der Waals surface area contributed by atoms with Gasteiger partial charge >= 0.3 is 5.97 Å². The van der Waals surface area contributed by atoms with E-state index in [1.807, 2.05) is 0 Å². The molecule has 0 aromatic heterocycles. The number of benzene rings is 2. The van der Waals surface area contributed by atoms with Crippen molar-refractivity contribution in [2.75, 3.05) is 13.2 Å². The molecule has 0 aliphatic heterocycles. The molecule has 6 nitrogen and oxygen atoms in total. The van der Waals surface area contributed by atoms with Gasteiger partial charge < -0.3 is 9.84 Å². The van der Waals surface area contributed by atoms with Crippen LogP contribution in [0.1, 0.15) is 5.56 Å². The molecule has 0 saturated heterocycles. The number of hydrogen-bond acceptors (Lipinski definition) is 4. The fraction of sp³-hybridized carbons (Fsp3) is 0.188. The van der Waals surface area contributed by atoms with Crippen LogP contribution in [-0.2, 0) is 21.2 Å². The van der Waals surface area contributed by atoms with Gasteiger partial charge in [-0.2, -0.15) is 0 Å². The maximum absolute atomic E-state index is 12.8. The van der Waals surface area contributed by atoms with Crippen molar-refractivity contribution in [3.63, 3.8) is 0 Å². The van der Waals surface area contributed by atoms with E-state index in [4.69, 9.17) is 9.84 Å². The molecule has 2 rings (SSSR count). The standard InChI is InChI=1S/C16H16FNO5S/c17-13-3-7-15(8-4-13)24(21,22)18-10-9-12-1-5-14(6-2-12)23-11-16(19)20/h1-8,18H,9-11H2,(H,19,20). The predicted molar refractivity (Wildman–Crippen MR) is 84.9 cm³/mol. The Kier molecular flexibility index (Phi) is 5.88. The quantitative estimate of drug-likeness (QED) is 0.755. The molecule has 0 spiro atoms. The lowest BCUT2D eigenvalue weighted by molar-refractivity contribution is -0.139. The molecule has 0 atom stereocenters. The van der Waals surface area contributed by atoms with Gasteiger partial charge in [0.05, 0.1) is 4.90 Å². The summed E-state index contributed by atoms with van der Waals surface area (Å²) in [5, 5.41) is 8.52. The average molecular weight is 353 g/mol. The van der Waals surface area contributed by atoms with Crippen LogP contribution in [-0.4, -0.2) is 32.6 Å². The van der Waals surface area contributed by atoms with Crippen LogP contribution in [0, 0.1) is 5.82 Å². The van der Waals surface area contributed by atoms with Crippen LogP contribution in [0.25, 0.3) is 0 Å². The molecule has 8 heteroatoms. The number of sulfonamides is 1. The van der Waals surface area contributed by atoms with E-state index in [-0.39, 0.29) is 11.4 Å². The minimum atomic E-state index is -3.68. The SMILES string of the molecule is O=C(O)COc1ccc(CCNS(=O)(=O)c2ccc(F)cc2)cc1. The third kappa shape index (κ3) is 5.32. The summed E-state index contributed by atoms with van der Waals surface area (Å²) in [6, 6.07) is 11.3. The first kappa shape index (κ1) is 17.9. The Morgan fingerprint density at radius 3 is 2.29 bits per heavy atom. The van der Waals surface area contributed by atoms with Gasteiger partial charge in [0.15, 0.2) is 6.61 Å². The molecular formula is C16H16FNO5S. The zero-order valence-electron chi connectivity index (χ0n) is 12.6. The van der Waals surface area contributed by atoms with Gasteiger partial charge in [-0.25, -0.2) is 22.3 Å². The van der Waals surface area contributed by atoms with Crippen LogP contribution in [0.15, 0.2) is 53.4 Å². The van der Waals surface area contributed by atoms with Crippen LogP contribution < -0.4 is 9.46 Å². The van der Waals surface area contributed by atoms with Crippen molar-refractivity contribution in [1.29, 1.82) is 0 Å². The summed E-state index contributed by atoms with van der Waals surface area (Å²) in [4.78, 5) is 10.4. The van der Waals surface area contributed by atoms with Crippen LogP contribution in [0.5, 0.6) is 5.75 Å². The van der Waals surface area contributed by atoms with Gasteiger partial charge in [-0.1, -0.05) is 12.1 Å². The maximum atomic E-state index is 12.8. The lowest BCUT2D eigenvalue weighted by Gasteiger charge is -2.08. The van der Waals surface area contributed by atoms with Crippen molar-refractivity contribution in [2.24, 2.45) is 0 Å². The molecule has 0 heterocycles. The molecule has 128 valence electrons. The number of carboxylic acids is 1. The summed E-state index contributed by atoms with van der Waals surface area (Å²) in [5.74, 6) is -1.14. The maximum Gasteiger partial charge on any atom is 0.341 e. The smallest absolute Gasteiger partial charge is 0.341 e. The third-order valence-corrected chi connectivity index (χ3v) is 4.59. The third-order valence-electron chi connectivity index (χ3n) is 3.12. The first-order chi connectivity index (χ1) is 11.4. The molecule has 0 fully saturated rings. The minimum absolute atomic E-state index is 0.00122. The molecule has 0 saturated carbocycles. The summed E-state index contributed by atoms with van der Waals surface area (Å²) >= 11 is 0. The van der Waals surface area contributed by atoms with E-state index in [9.17, 15) is 17.6 Å². The molecule has 0 aliphatic rings. The summed E-state index contributed by atoms with van der Waals surface area (Å²) in [6.45, 7) is -0.244. The van der Waals surface area contributed by atoms with Crippen LogP contribution >= 0.6 is 0 Å². The Balaban J connectivity index is 1.87. The molecule has 0 amide bonds. The number of halogens is 1. The number of aliphatic carboxylic acids is 1. The van der Waals surface area contributed by atoms with Crippen molar-refractivity contribution < 1.29 is 27.4 Å². The monoisotopic (exact) mass is 353 g/mol. The minimum Gasteiger partial charge on any atom is -0.482 e. The van der Waals surface area contributed by atoms with Gasteiger partial charge in [-0.3, -0.25) is 0 Å². The molecule has 2 aromatic carbocycles. The van der Waals surface area contributed by atoms with Gasteiger partial charge in [0.25, 0.3) is 0 Å². The summed E-state index contributed by atoms with van der Waals surface area (Å²) in [6.07, 6.45) is 0.444. The lowest BCUT2D eigenvalue weighted by atomic mass is 10.1. The first-order valence-electron chi connectivity index (χ1n) is 7.05. The first-order valence-corrected chi connectivity index (χ1v) is 8.54. The molecule has 2 N–H and O–H groups in total. The molecule has 0 aliphatic carbocycles. The van der Waals surface area contributed by atoms with E-state index in [0.29, 0.717) is 12.2 Å². The van der Waals surface area contributed by atoms with Gasteiger partial charge in [-0.05, 0) is 48.4 Å². The number of carbonyl (C=O) groups is 1. The molecule has 2 aromatic rings. The highest BCUT2D eigenvalue weighted by molar-refractivity contribution is 7.89. The Morgan fingerprint density at radius 1 is 1.08 bits per heavy atom. The number of ether oxygens (including phenoxy) is 1. The summed E-state index contributed by atoms with van der Waals surface area (Å²) < 4.78 is 44.3. The highest BCUT2D eigenvalue weighted by atomic mass is 32.2. The van der Waals surface area contributed by atoms with Crippen LogP contribution in [0.2, 0.25) is 0 Å². The fourth-order valence-electron chi connectivity index (χ4n) is 1.92. The highest BCUT2D eigenvalue weighted by Gasteiger charge is 2.13. The van der Waals surface area contributed by atoms with Crippen LogP contribution in [0.3, 0.4) is 0 Å². The van der Waals surface area contributed by atoms with Crippen molar-refractivity contribution in [3.8, 4) is 5.75 Å². The second kappa shape index (κ2) is 7.89. The number of nitrogens with one attached hydrogen (secondary N) is 1. The highest BCUT2D eigenvalue weighted by Crippen LogP contribution is 2.13. The lowest BCUT2D eigenvalue weighted by Crippen LogP contribution is -2.26. The van der Waals surface area contributed by atoms with Crippen molar-refractivity contribution in [3.05, 3.63) is 59.9 Å². The Hall–Kier alpha value is -2.45. The van der Waals surface area contributed by atoms with Gasteiger partial charge in [0, 0.05) is 6.54 Å². The summed E-state index contributed by atoms with van der Waals surface area (Å²) in [5.41, 5.74) is 0.861. The van der Waals surface area contributed by atoms with E-state index in [1.165, 1.54) is 12.1 Å². The number of hydrogen-bond donors (Lipinski definition) is 2. The van der Waals surface area contributed by atoms with Crippen molar-refractivity contribution in [2.45, 2.75) is 11.3 Å². The molecular weight excluding hydrogens is 337 g/mol. The van der Waals surface area contributed by atoms with Gasteiger partial charge in [0.2, 0.25) is 10.0 Å². The largest absolute Gasteiger partial charge is 0.482 e. The zero-order valence-corrected chi connectivity index (χ0v) is 13.4. The predicted octanol–water partition coefficient (Wildman–Crippen LogP) is 1.81.